The van der Waals surface area contributed by atoms with Crippen molar-refractivity contribution >= 4 is 57.9 Å². The molecule has 0 radical (unpaired) electrons. The average Bonchev–Trinajstić information content (AvgIpc) is 2.94. The molecule has 2 aromatic carbocycles. The van der Waals surface area contributed by atoms with Crippen LogP contribution in [0.25, 0.3) is 6.08 Å². The van der Waals surface area contributed by atoms with Gasteiger partial charge < -0.3 is 5.11 Å². The van der Waals surface area contributed by atoms with Crippen LogP contribution in [-0.2, 0) is 4.79 Å². The molecule has 0 spiro atoms. The first-order valence-corrected chi connectivity index (χ1v) is 9.02. The number of thioether (sulfide) groups is 1. The zero-order valence-corrected chi connectivity index (χ0v) is 15.9. The highest BCUT2D eigenvalue weighted by Crippen LogP contribution is 2.33. The Balaban J connectivity index is 1.82. The number of hydrogen-bond acceptors (Lipinski definition) is 9. The highest BCUT2D eigenvalue weighted by molar-refractivity contribution is 8.26. The number of carbonyl (C=O) groups excluding carboxylic acids is 1. The number of phenolic OH excluding ortho intramolecular Hbond substituents is 1. The normalized spacial score (nSPS) is 15.4. The molecule has 0 aliphatic carbocycles. The number of phenols is 1. The highest BCUT2D eigenvalue weighted by atomic mass is 32.2. The van der Waals surface area contributed by atoms with Crippen LogP contribution in [0.15, 0.2) is 52.5 Å². The van der Waals surface area contributed by atoms with Crippen LogP contribution in [0.4, 0.5) is 11.4 Å². The van der Waals surface area contributed by atoms with Crippen molar-refractivity contribution in [2.75, 3.05) is 0 Å². The van der Waals surface area contributed by atoms with Crippen molar-refractivity contribution in [2.24, 2.45) is 5.10 Å². The Bertz CT molecular complexity index is 1100. The second-order valence-electron chi connectivity index (χ2n) is 5.59. The third-order valence-electron chi connectivity index (χ3n) is 3.71. The van der Waals surface area contributed by atoms with Gasteiger partial charge in [0.25, 0.3) is 17.3 Å². The van der Waals surface area contributed by atoms with Gasteiger partial charge in [-0.15, -0.1) is 0 Å². The molecule has 1 N–H and O–H groups in total. The Kier molecular flexibility index (Phi) is 5.66. The summed E-state index contributed by atoms with van der Waals surface area (Å²) in [7, 11) is 0. The Labute approximate surface area is 172 Å². The summed E-state index contributed by atoms with van der Waals surface area (Å²) in [5.74, 6) is -0.772. The maximum Gasteiger partial charge on any atom is 0.286 e. The maximum absolute atomic E-state index is 12.5. The van der Waals surface area contributed by atoms with Crippen molar-refractivity contribution in [1.82, 2.24) is 5.01 Å². The SMILES string of the molecule is O=C1C(=Cc2ccc([N+](=O)[O-])cc2)SC(=S)N1/N=C/c1cc([N+](=O)[O-])ccc1O. The number of non-ortho nitro benzene ring substituents is 2. The second-order valence-corrected chi connectivity index (χ2v) is 7.26. The topological polar surface area (TPSA) is 139 Å². The van der Waals surface area contributed by atoms with Gasteiger partial charge in [0.2, 0.25) is 0 Å². The molecule has 0 unspecified atom stereocenters. The fourth-order valence-corrected chi connectivity index (χ4v) is 3.45. The van der Waals surface area contributed by atoms with E-state index < -0.39 is 15.8 Å². The minimum atomic E-state index is -0.622. The number of nitro groups is 2. The van der Waals surface area contributed by atoms with Gasteiger partial charge in [0, 0.05) is 29.8 Å². The molecule has 1 heterocycles. The molecule has 0 bridgehead atoms. The van der Waals surface area contributed by atoms with Crippen molar-refractivity contribution in [3.8, 4) is 5.75 Å². The Morgan fingerprint density at radius 3 is 2.31 bits per heavy atom. The molecule has 1 aliphatic heterocycles. The number of carbonyl (C=O) groups is 1. The van der Waals surface area contributed by atoms with E-state index in [4.69, 9.17) is 12.2 Å². The molecule has 0 saturated carbocycles. The zero-order chi connectivity index (χ0) is 21.1. The van der Waals surface area contributed by atoms with E-state index in [-0.39, 0.29) is 31.9 Å². The first-order chi connectivity index (χ1) is 13.8. The molecule has 0 aromatic heterocycles. The predicted molar refractivity (Wildman–Crippen MR) is 110 cm³/mol. The Hall–Kier alpha value is -3.64. The molecule has 10 nitrogen and oxygen atoms in total. The minimum Gasteiger partial charge on any atom is -0.507 e. The minimum absolute atomic E-state index is 0.0487. The van der Waals surface area contributed by atoms with Crippen molar-refractivity contribution in [3.05, 3.63) is 78.7 Å². The van der Waals surface area contributed by atoms with Crippen LogP contribution in [0, 0.1) is 20.2 Å². The van der Waals surface area contributed by atoms with Gasteiger partial charge in [0.15, 0.2) is 4.32 Å². The molecule has 1 amide bonds. The first-order valence-electron chi connectivity index (χ1n) is 7.80. The van der Waals surface area contributed by atoms with Crippen LogP contribution in [0.2, 0.25) is 0 Å². The van der Waals surface area contributed by atoms with Gasteiger partial charge in [-0.1, -0.05) is 11.8 Å². The number of aromatic hydroxyl groups is 1. The van der Waals surface area contributed by atoms with E-state index in [9.17, 15) is 30.1 Å². The van der Waals surface area contributed by atoms with Crippen molar-refractivity contribution in [1.29, 1.82) is 0 Å². The lowest BCUT2D eigenvalue weighted by molar-refractivity contribution is -0.385. The van der Waals surface area contributed by atoms with Crippen molar-refractivity contribution in [3.63, 3.8) is 0 Å². The van der Waals surface area contributed by atoms with Gasteiger partial charge in [0.1, 0.15) is 5.75 Å². The number of hydrogen-bond donors (Lipinski definition) is 1. The first kappa shape index (κ1) is 20.1. The quantitative estimate of drug-likeness (QED) is 0.250. The molecule has 29 heavy (non-hydrogen) atoms. The van der Waals surface area contributed by atoms with Crippen LogP contribution in [0.3, 0.4) is 0 Å². The van der Waals surface area contributed by atoms with Gasteiger partial charge >= 0.3 is 0 Å². The molecule has 146 valence electrons. The lowest BCUT2D eigenvalue weighted by atomic mass is 10.2. The molecule has 3 rings (SSSR count). The Morgan fingerprint density at radius 2 is 1.69 bits per heavy atom. The number of thiocarbonyl (C=S) groups is 1. The number of nitrogens with zero attached hydrogens (tertiary/aromatic N) is 4. The molecule has 1 fully saturated rings. The molecular formula is C17H10N4O6S2. The predicted octanol–water partition coefficient (Wildman–Crippen LogP) is 3.44. The second kappa shape index (κ2) is 8.16. The lowest BCUT2D eigenvalue weighted by Gasteiger charge is -2.06. The van der Waals surface area contributed by atoms with Crippen LogP contribution < -0.4 is 0 Å². The molecular weight excluding hydrogens is 420 g/mol. The summed E-state index contributed by atoms with van der Waals surface area (Å²) < 4.78 is 0.129. The number of hydrazone groups is 1. The van der Waals surface area contributed by atoms with E-state index in [1.165, 1.54) is 30.3 Å². The third-order valence-corrected chi connectivity index (χ3v) is 4.99. The van der Waals surface area contributed by atoms with Gasteiger partial charge in [-0.3, -0.25) is 25.0 Å². The number of benzene rings is 2. The van der Waals surface area contributed by atoms with Gasteiger partial charge in [-0.05, 0) is 42.1 Å². The smallest absolute Gasteiger partial charge is 0.286 e. The standard InChI is InChI=1S/C17H10N4O6S2/c22-14-6-5-13(21(26)27)8-11(14)9-18-19-16(23)15(29-17(19)28)7-10-1-3-12(4-2-10)20(24)25/h1-9,22H/b15-7?,18-9+. The van der Waals surface area contributed by atoms with Crippen LogP contribution >= 0.6 is 24.0 Å². The van der Waals surface area contributed by atoms with Gasteiger partial charge in [-0.2, -0.15) is 10.1 Å². The van der Waals surface area contributed by atoms with E-state index in [0.29, 0.717) is 5.56 Å². The fourth-order valence-electron chi connectivity index (χ4n) is 2.28. The summed E-state index contributed by atoms with van der Waals surface area (Å²) in [4.78, 5) is 33.2. The number of amides is 1. The molecule has 1 saturated heterocycles. The van der Waals surface area contributed by atoms with Crippen molar-refractivity contribution in [2.45, 2.75) is 0 Å². The molecule has 0 atom stereocenters. The summed E-state index contributed by atoms with van der Waals surface area (Å²) in [5, 5.41) is 36.2. The zero-order valence-electron chi connectivity index (χ0n) is 14.3. The van der Waals surface area contributed by atoms with Crippen LogP contribution in [0.5, 0.6) is 5.75 Å². The molecule has 1 aliphatic rings. The molecule has 2 aromatic rings. The average molecular weight is 430 g/mol. The van der Waals surface area contributed by atoms with E-state index in [2.05, 4.69) is 5.10 Å². The van der Waals surface area contributed by atoms with Crippen LogP contribution in [-0.4, -0.2) is 36.4 Å². The van der Waals surface area contributed by atoms with E-state index in [0.717, 1.165) is 41.2 Å². The lowest BCUT2D eigenvalue weighted by Crippen LogP contribution is -2.22. The van der Waals surface area contributed by atoms with Crippen molar-refractivity contribution < 1.29 is 19.7 Å². The van der Waals surface area contributed by atoms with Crippen LogP contribution in [0.1, 0.15) is 11.1 Å². The number of rotatable bonds is 5. The van der Waals surface area contributed by atoms with E-state index >= 15 is 0 Å². The van der Waals surface area contributed by atoms with Gasteiger partial charge in [-0.25, -0.2) is 0 Å². The summed E-state index contributed by atoms with van der Waals surface area (Å²) in [6.45, 7) is 0. The Morgan fingerprint density at radius 1 is 1.07 bits per heavy atom. The summed E-state index contributed by atoms with van der Waals surface area (Å²) in [6, 6.07) is 9.02. The molecule has 12 heteroatoms. The number of nitro benzene ring substituents is 2. The third kappa shape index (κ3) is 4.44. The summed E-state index contributed by atoms with van der Waals surface area (Å²) >= 11 is 6.12. The fraction of sp³-hybridized carbons (Fsp3) is 0. The summed E-state index contributed by atoms with van der Waals surface area (Å²) in [6.07, 6.45) is 2.62. The highest BCUT2D eigenvalue weighted by Gasteiger charge is 2.32. The summed E-state index contributed by atoms with van der Waals surface area (Å²) in [5.41, 5.74) is 0.299. The van der Waals surface area contributed by atoms with E-state index in [1.807, 2.05) is 0 Å². The largest absolute Gasteiger partial charge is 0.507 e. The van der Waals surface area contributed by atoms with E-state index in [1.54, 1.807) is 0 Å². The monoisotopic (exact) mass is 430 g/mol. The van der Waals surface area contributed by atoms with Gasteiger partial charge in [0.05, 0.1) is 21.0 Å². The maximum atomic E-state index is 12.5.